The van der Waals surface area contributed by atoms with Gasteiger partial charge in [0.25, 0.3) is 0 Å². The molecule has 0 aromatic carbocycles. The van der Waals surface area contributed by atoms with Gasteiger partial charge < -0.3 is 10.2 Å². The van der Waals surface area contributed by atoms with Crippen molar-refractivity contribution in [2.45, 2.75) is 12.5 Å². The van der Waals surface area contributed by atoms with Gasteiger partial charge in [-0.25, -0.2) is 4.98 Å². The largest absolute Gasteiger partial charge is 0.355 e. The Labute approximate surface area is 92.6 Å². The van der Waals surface area contributed by atoms with Crippen LogP contribution in [0.1, 0.15) is 6.42 Å². The van der Waals surface area contributed by atoms with Crippen LogP contribution in [0.15, 0.2) is 22.8 Å². The zero-order chi connectivity index (χ0) is 9.97. The van der Waals surface area contributed by atoms with E-state index in [9.17, 15) is 0 Å². The molecule has 3 nitrogen and oxygen atoms in total. The molecule has 1 atom stereocenters. The molecular weight excluding hydrogens is 242 g/mol. The Kier molecular flexibility index (Phi) is 3.03. The molecule has 14 heavy (non-hydrogen) atoms. The monoisotopic (exact) mass is 255 g/mol. The van der Waals surface area contributed by atoms with E-state index < -0.39 is 0 Å². The van der Waals surface area contributed by atoms with Crippen LogP contribution in [0.25, 0.3) is 0 Å². The summed E-state index contributed by atoms with van der Waals surface area (Å²) >= 11 is 3.39. The normalized spacial score (nSPS) is 21.1. The Morgan fingerprint density at radius 2 is 2.43 bits per heavy atom. The predicted molar refractivity (Wildman–Crippen MR) is 61.6 cm³/mol. The number of anilines is 1. The highest BCUT2D eigenvalue weighted by molar-refractivity contribution is 9.10. The van der Waals surface area contributed by atoms with Crippen LogP contribution in [0.2, 0.25) is 0 Å². The fraction of sp³-hybridized carbons (Fsp3) is 0.500. The molecule has 4 heteroatoms. The molecule has 0 bridgehead atoms. The highest BCUT2D eigenvalue weighted by Crippen LogP contribution is 2.18. The van der Waals surface area contributed by atoms with E-state index in [2.05, 4.69) is 38.2 Å². The van der Waals surface area contributed by atoms with Crippen LogP contribution in [0, 0.1) is 0 Å². The van der Waals surface area contributed by atoms with Gasteiger partial charge >= 0.3 is 0 Å². The fourth-order valence-electron chi connectivity index (χ4n) is 1.75. The van der Waals surface area contributed by atoms with Crippen LogP contribution in [-0.2, 0) is 0 Å². The minimum Gasteiger partial charge on any atom is -0.355 e. The van der Waals surface area contributed by atoms with Gasteiger partial charge in [-0.3, -0.25) is 0 Å². The second kappa shape index (κ2) is 4.28. The van der Waals surface area contributed by atoms with E-state index in [4.69, 9.17) is 0 Å². The van der Waals surface area contributed by atoms with Gasteiger partial charge in [0.2, 0.25) is 0 Å². The number of likely N-dealkylation sites (N-methyl/N-ethyl adjacent to an activating group) is 1. The third-order valence-corrected chi connectivity index (χ3v) is 3.09. The lowest BCUT2D eigenvalue weighted by molar-refractivity contribution is 0.677. The number of halogens is 1. The first-order chi connectivity index (χ1) is 6.77. The van der Waals surface area contributed by atoms with Crippen molar-refractivity contribution in [3.8, 4) is 0 Å². The summed E-state index contributed by atoms with van der Waals surface area (Å²) in [6.07, 6.45) is 1.20. The molecule has 1 unspecified atom stereocenters. The smallest absolute Gasteiger partial charge is 0.129 e. The number of nitrogens with zero attached hydrogens (tertiary/aromatic N) is 2. The van der Waals surface area contributed by atoms with Crippen LogP contribution >= 0.6 is 15.9 Å². The lowest BCUT2D eigenvalue weighted by Crippen LogP contribution is -2.33. The lowest BCUT2D eigenvalue weighted by Gasteiger charge is -2.24. The first kappa shape index (κ1) is 9.93. The zero-order valence-electron chi connectivity index (χ0n) is 8.20. The van der Waals surface area contributed by atoms with Gasteiger partial charge in [-0.15, -0.1) is 0 Å². The van der Waals surface area contributed by atoms with Gasteiger partial charge in [0.05, 0.1) is 0 Å². The lowest BCUT2D eigenvalue weighted by atomic mass is 10.2. The summed E-state index contributed by atoms with van der Waals surface area (Å²) in [7, 11) is 2.10. The van der Waals surface area contributed by atoms with Gasteiger partial charge in [-0.1, -0.05) is 6.07 Å². The average Bonchev–Trinajstić information content (AvgIpc) is 2.69. The Bertz CT molecular complexity index is 310. The third-order valence-electron chi connectivity index (χ3n) is 2.64. The third kappa shape index (κ3) is 2.07. The number of hydrogen-bond acceptors (Lipinski definition) is 3. The number of nitrogens with one attached hydrogen (secondary N) is 1. The molecule has 1 fully saturated rings. The average molecular weight is 256 g/mol. The van der Waals surface area contributed by atoms with Crippen LogP contribution < -0.4 is 10.2 Å². The highest BCUT2D eigenvalue weighted by Gasteiger charge is 2.19. The molecule has 0 spiro atoms. The molecule has 0 saturated carbocycles. The number of rotatable bonds is 2. The Balaban J connectivity index is 2.13. The SMILES string of the molecule is CN(c1cccc(Br)n1)C1CCNC1. The molecule has 1 aromatic heterocycles. The molecular formula is C10H14BrN3. The predicted octanol–water partition coefficient (Wildman–Crippen LogP) is 1.64. The summed E-state index contributed by atoms with van der Waals surface area (Å²) in [6.45, 7) is 2.17. The van der Waals surface area contributed by atoms with Gasteiger partial charge in [0.1, 0.15) is 10.4 Å². The van der Waals surface area contributed by atoms with Crippen molar-refractivity contribution in [1.82, 2.24) is 10.3 Å². The maximum Gasteiger partial charge on any atom is 0.129 e. The fourth-order valence-corrected chi connectivity index (χ4v) is 2.09. The van der Waals surface area contributed by atoms with Crippen molar-refractivity contribution in [3.63, 3.8) is 0 Å². The van der Waals surface area contributed by atoms with Crippen molar-refractivity contribution >= 4 is 21.7 Å². The zero-order valence-corrected chi connectivity index (χ0v) is 9.79. The molecule has 0 aliphatic carbocycles. The summed E-state index contributed by atoms with van der Waals surface area (Å²) in [6, 6.07) is 6.59. The van der Waals surface area contributed by atoms with Crippen molar-refractivity contribution < 1.29 is 0 Å². The number of pyridine rings is 1. The highest BCUT2D eigenvalue weighted by atomic mass is 79.9. The minimum absolute atomic E-state index is 0.580. The second-order valence-corrected chi connectivity index (χ2v) is 4.39. The second-order valence-electron chi connectivity index (χ2n) is 3.58. The van der Waals surface area contributed by atoms with E-state index in [0.717, 1.165) is 23.5 Å². The molecule has 76 valence electrons. The molecule has 0 radical (unpaired) electrons. The maximum absolute atomic E-state index is 4.43. The van der Waals surface area contributed by atoms with Crippen molar-refractivity contribution in [2.75, 3.05) is 25.0 Å². The molecule has 1 aromatic rings. The van der Waals surface area contributed by atoms with Gasteiger partial charge in [-0.2, -0.15) is 0 Å². The molecule has 1 saturated heterocycles. The molecule has 1 N–H and O–H groups in total. The molecule has 1 aliphatic heterocycles. The van der Waals surface area contributed by atoms with Gasteiger partial charge in [0, 0.05) is 19.6 Å². The van der Waals surface area contributed by atoms with Crippen LogP contribution in [0.3, 0.4) is 0 Å². The molecule has 2 rings (SSSR count). The Hall–Kier alpha value is -0.610. The summed E-state index contributed by atoms with van der Waals surface area (Å²) in [5, 5.41) is 3.36. The van der Waals surface area contributed by atoms with E-state index in [1.54, 1.807) is 0 Å². The summed E-state index contributed by atoms with van der Waals surface area (Å²) in [4.78, 5) is 6.67. The maximum atomic E-state index is 4.43. The molecule has 0 amide bonds. The van der Waals surface area contributed by atoms with E-state index in [-0.39, 0.29) is 0 Å². The van der Waals surface area contributed by atoms with Gasteiger partial charge in [0.15, 0.2) is 0 Å². The number of aromatic nitrogens is 1. The van der Waals surface area contributed by atoms with Crippen molar-refractivity contribution in [3.05, 3.63) is 22.8 Å². The van der Waals surface area contributed by atoms with Crippen molar-refractivity contribution in [1.29, 1.82) is 0 Å². The van der Waals surface area contributed by atoms with E-state index in [1.165, 1.54) is 6.42 Å². The van der Waals surface area contributed by atoms with Gasteiger partial charge in [-0.05, 0) is 41.0 Å². The number of hydrogen-bond donors (Lipinski definition) is 1. The van der Waals surface area contributed by atoms with Crippen LogP contribution in [0.4, 0.5) is 5.82 Å². The van der Waals surface area contributed by atoms with E-state index in [0.29, 0.717) is 6.04 Å². The molecule has 1 aliphatic rings. The Morgan fingerprint density at radius 1 is 1.57 bits per heavy atom. The summed E-state index contributed by atoms with van der Waals surface area (Å²) in [5.74, 6) is 1.04. The van der Waals surface area contributed by atoms with E-state index in [1.807, 2.05) is 18.2 Å². The van der Waals surface area contributed by atoms with Crippen LogP contribution in [-0.4, -0.2) is 31.2 Å². The summed E-state index contributed by atoms with van der Waals surface area (Å²) in [5.41, 5.74) is 0. The quantitative estimate of drug-likeness (QED) is 0.815. The Morgan fingerprint density at radius 3 is 3.07 bits per heavy atom. The standard InChI is InChI=1S/C10H14BrN3/c1-14(8-5-6-12-7-8)10-4-2-3-9(11)13-10/h2-4,8,12H,5-7H2,1H3. The van der Waals surface area contributed by atoms with Crippen molar-refractivity contribution in [2.24, 2.45) is 0 Å². The minimum atomic E-state index is 0.580. The first-order valence-corrected chi connectivity index (χ1v) is 5.63. The van der Waals surface area contributed by atoms with E-state index >= 15 is 0 Å². The topological polar surface area (TPSA) is 28.2 Å². The summed E-state index contributed by atoms with van der Waals surface area (Å²) < 4.78 is 0.896. The van der Waals surface area contributed by atoms with Crippen LogP contribution in [0.5, 0.6) is 0 Å². The first-order valence-electron chi connectivity index (χ1n) is 4.83. The molecule has 2 heterocycles.